The third-order valence-electron chi connectivity index (χ3n) is 2.97. The van der Waals surface area contributed by atoms with Crippen molar-refractivity contribution in [2.45, 2.75) is 12.2 Å². The van der Waals surface area contributed by atoms with Gasteiger partial charge in [0.25, 0.3) is 0 Å². The number of rotatable bonds is 5. The topological polar surface area (TPSA) is 68.9 Å². The summed E-state index contributed by atoms with van der Waals surface area (Å²) in [6, 6.07) is 12.3. The summed E-state index contributed by atoms with van der Waals surface area (Å²) < 4.78 is 15.2. The van der Waals surface area contributed by atoms with Crippen LogP contribution in [0.3, 0.4) is 0 Å². The molecule has 0 spiro atoms. The zero-order valence-corrected chi connectivity index (χ0v) is 11.3. The van der Waals surface area contributed by atoms with E-state index in [-0.39, 0.29) is 11.5 Å². The summed E-state index contributed by atoms with van der Waals surface area (Å²) in [5, 5.41) is 10.3. The van der Waals surface area contributed by atoms with Crippen LogP contribution in [0, 0.1) is 0 Å². The number of esters is 1. The highest BCUT2D eigenvalue weighted by Gasteiger charge is 2.26. The van der Waals surface area contributed by atoms with E-state index in [0.29, 0.717) is 0 Å². The fraction of sp³-hybridized carbons (Fsp3) is 0.267. The van der Waals surface area contributed by atoms with Crippen molar-refractivity contribution in [1.29, 1.82) is 0 Å². The Labute approximate surface area is 116 Å². The summed E-state index contributed by atoms with van der Waals surface area (Å²) in [6.45, 7) is 0. The number of carbonyl (C=O) groups excluding carboxylic acids is 1. The largest absolute Gasteiger partial charge is 0.463 e. The molecule has 0 radical (unpaired) electrons. The van der Waals surface area contributed by atoms with Crippen LogP contribution in [0.5, 0.6) is 0 Å². The summed E-state index contributed by atoms with van der Waals surface area (Å²) in [6.07, 6.45) is -1.59. The number of hydrogen-bond donors (Lipinski definition) is 1. The van der Waals surface area contributed by atoms with E-state index in [0.717, 1.165) is 5.56 Å². The maximum absolute atomic E-state index is 11.3. The van der Waals surface area contributed by atoms with Crippen LogP contribution in [-0.2, 0) is 9.47 Å². The number of furan rings is 1. The van der Waals surface area contributed by atoms with Crippen molar-refractivity contribution >= 4 is 5.97 Å². The normalized spacial score (nSPS) is 13.8. The van der Waals surface area contributed by atoms with Gasteiger partial charge in [-0.05, 0) is 17.7 Å². The van der Waals surface area contributed by atoms with Crippen LogP contribution < -0.4 is 0 Å². The van der Waals surface area contributed by atoms with Crippen molar-refractivity contribution in [1.82, 2.24) is 0 Å². The third-order valence-corrected chi connectivity index (χ3v) is 2.97. The minimum Gasteiger partial charge on any atom is -0.463 e. The number of ether oxygens (including phenoxy) is 2. The SMILES string of the molecule is COC(=O)c1ccc(C(O)C(OC)c2ccccc2)o1. The van der Waals surface area contributed by atoms with Gasteiger partial charge in [0, 0.05) is 7.11 Å². The molecule has 2 atom stereocenters. The molecule has 20 heavy (non-hydrogen) atoms. The molecule has 0 aliphatic rings. The van der Waals surface area contributed by atoms with Crippen molar-refractivity contribution in [3.8, 4) is 0 Å². The molecule has 0 saturated carbocycles. The molecule has 106 valence electrons. The molecular weight excluding hydrogens is 260 g/mol. The molecule has 1 aromatic carbocycles. The zero-order valence-electron chi connectivity index (χ0n) is 11.3. The summed E-state index contributed by atoms with van der Waals surface area (Å²) in [7, 11) is 2.77. The fourth-order valence-corrected chi connectivity index (χ4v) is 1.96. The molecule has 0 aliphatic heterocycles. The molecule has 0 aliphatic carbocycles. The highest BCUT2D eigenvalue weighted by Crippen LogP contribution is 2.32. The molecule has 0 amide bonds. The van der Waals surface area contributed by atoms with E-state index in [2.05, 4.69) is 4.74 Å². The Morgan fingerprint density at radius 2 is 1.85 bits per heavy atom. The van der Waals surface area contributed by atoms with Crippen LogP contribution in [0.4, 0.5) is 0 Å². The van der Waals surface area contributed by atoms with Gasteiger partial charge >= 0.3 is 5.97 Å². The Morgan fingerprint density at radius 3 is 2.45 bits per heavy atom. The minimum absolute atomic E-state index is 0.0458. The van der Waals surface area contributed by atoms with Gasteiger partial charge < -0.3 is 19.0 Å². The van der Waals surface area contributed by atoms with Crippen LogP contribution in [0.15, 0.2) is 46.9 Å². The number of carbonyl (C=O) groups is 1. The Hall–Kier alpha value is -2.11. The third kappa shape index (κ3) is 2.89. The predicted molar refractivity (Wildman–Crippen MR) is 71.2 cm³/mol. The van der Waals surface area contributed by atoms with Gasteiger partial charge in [-0.2, -0.15) is 0 Å². The van der Waals surface area contributed by atoms with Gasteiger partial charge in [0.15, 0.2) is 0 Å². The van der Waals surface area contributed by atoms with E-state index in [4.69, 9.17) is 9.15 Å². The highest BCUT2D eigenvalue weighted by atomic mass is 16.5. The first-order valence-electron chi connectivity index (χ1n) is 6.11. The molecule has 2 aromatic rings. The van der Waals surface area contributed by atoms with Gasteiger partial charge in [0.1, 0.15) is 18.0 Å². The molecule has 2 unspecified atom stereocenters. The van der Waals surface area contributed by atoms with Crippen molar-refractivity contribution in [2.75, 3.05) is 14.2 Å². The number of methoxy groups -OCH3 is 2. The lowest BCUT2D eigenvalue weighted by molar-refractivity contribution is -0.0257. The van der Waals surface area contributed by atoms with Crippen LogP contribution in [0.2, 0.25) is 0 Å². The summed E-state index contributed by atoms with van der Waals surface area (Å²) in [5.74, 6) is -0.289. The van der Waals surface area contributed by atoms with E-state index < -0.39 is 18.2 Å². The Balaban J connectivity index is 2.23. The number of benzene rings is 1. The van der Waals surface area contributed by atoms with Crippen LogP contribution >= 0.6 is 0 Å². The quantitative estimate of drug-likeness (QED) is 0.850. The minimum atomic E-state index is -1.01. The van der Waals surface area contributed by atoms with Crippen LogP contribution in [0.1, 0.15) is 34.1 Å². The van der Waals surface area contributed by atoms with E-state index in [9.17, 15) is 9.90 Å². The van der Waals surface area contributed by atoms with E-state index in [1.54, 1.807) is 0 Å². The summed E-state index contributed by atoms with van der Waals surface area (Å²) in [5.41, 5.74) is 0.818. The predicted octanol–water partition coefficient (Wildman–Crippen LogP) is 2.49. The van der Waals surface area contributed by atoms with E-state index in [1.807, 2.05) is 30.3 Å². The van der Waals surface area contributed by atoms with Gasteiger partial charge in [0.05, 0.1) is 7.11 Å². The monoisotopic (exact) mass is 276 g/mol. The lowest BCUT2D eigenvalue weighted by atomic mass is 10.0. The molecule has 2 rings (SSSR count). The Kier molecular flexibility index (Phi) is 4.55. The summed E-state index contributed by atoms with van der Waals surface area (Å²) >= 11 is 0. The van der Waals surface area contributed by atoms with Gasteiger partial charge in [-0.25, -0.2) is 4.79 Å². The van der Waals surface area contributed by atoms with Gasteiger partial charge in [-0.3, -0.25) is 0 Å². The molecule has 1 N–H and O–H groups in total. The second kappa shape index (κ2) is 6.36. The zero-order chi connectivity index (χ0) is 14.5. The first kappa shape index (κ1) is 14.3. The van der Waals surface area contributed by atoms with Crippen LogP contribution in [-0.4, -0.2) is 25.3 Å². The fourth-order valence-electron chi connectivity index (χ4n) is 1.96. The van der Waals surface area contributed by atoms with E-state index >= 15 is 0 Å². The van der Waals surface area contributed by atoms with Crippen molar-refractivity contribution in [3.05, 3.63) is 59.5 Å². The van der Waals surface area contributed by atoms with Crippen molar-refractivity contribution in [2.24, 2.45) is 0 Å². The van der Waals surface area contributed by atoms with Gasteiger partial charge in [-0.1, -0.05) is 30.3 Å². The summed E-state index contributed by atoms with van der Waals surface area (Å²) in [4.78, 5) is 11.3. The van der Waals surface area contributed by atoms with Crippen molar-refractivity contribution < 1.29 is 23.8 Å². The van der Waals surface area contributed by atoms with E-state index in [1.165, 1.54) is 26.4 Å². The molecule has 5 heteroatoms. The Morgan fingerprint density at radius 1 is 1.15 bits per heavy atom. The Bertz CT molecular complexity index is 561. The first-order valence-corrected chi connectivity index (χ1v) is 6.11. The second-order valence-electron chi connectivity index (χ2n) is 4.21. The number of aliphatic hydroxyl groups excluding tert-OH is 1. The average molecular weight is 276 g/mol. The molecular formula is C15H16O5. The molecule has 0 fully saturated rings. The molecule has 5 nitrogen and oxygen atoms in total. The molecule has 0 saturated heterocycles. The van der Waals surface area contributed by atoms with Crippen LogP contribution in [0.25, 0.3) is 0 Å². The number of hydrogen-bond acceptors (Lipinski definition) is 5. The standard InChI is InChI=1S/C15H16O5/c1-18-14(10-6-4-3-5-7-10)13(16)11-8-9-12(20-11)15(17)19-2/h3-9,13-14,16H,1-2H3. The second-order valence-corrected chi connectivity index (χ2v) is 4.21. The van der Waals surface area contributed by atoms with Gasteiger partial charge in [-0.15, -0.1) is 0 Å². The maximum Gasteiger partial charge on any atom is 0.373 e. The first-order chi connectivity index (χ1) is 9.67. The maximum atomic E-state index is 11.3. The smallest absolute Gasteiger partial charge is 0.373 e. The average Bonchev–Trinajstić information content (AvgIpc) is 2.98. The molecule has 0 bridgehead atoms. The number of aliphatic hydroxyl groups is 1. The molecule has 1 heterocycles. The lowest BCUT2D eigenvalue weighted by Crippen LogP contribution is -2.12. The van der Waals surface area contributed by atoms with Crippen molar-refractivity contribution in [3.63, 3.8) is 0 Å². The molecule has 1 aromatic heterocycles. The highest BCUT2D eigenvalue weighted by molar-refractivity contribution is 5.86. The van der Waals surface area contributed by atoms with Gasteiger partial charge in [0.2, 0.25) is 5.76 Å². The lowest BCUT2D eigenvalue weighted by Gasteiger charge is -2.20.